The highest BCUT2D eigenvalue weighted by atomic mass is 15.0. The van der Waals surface area contributed by atoms with Crippen LogP contribution in [0.15, 0.2) is 48.8 Å². The van der Waals surface area contributed by atoms with Gasteiger partial charge < -0.3 is 5.73 Å². The predicted molar refractivity (Wildman–Crippen MR) is 69.8 cm³/mol. The maximum atomic E-state index is 5.75. The number of nitrogens with zero attached hydrogens (tertiary/aromatic N) is 2. The number of hydrogen-bond acceptors (Lipinski definition) is 2. The Morgan fingerprint density at radius 2 is 1.88 bits per heavy atom. The van der Waals surface area contributed by atoms with E-state index < -0.39 is 0 Å². The minimum absolute atomic E-state index is 0.757. The summed E-state index contributed by atoms with van der Waals surface area (Å²) < 4.78 is 2.04. The number of anilines is 1. The van der Waals surface area contributed by atoms with Gasteiger partial charge >= 0.3 is 0 Å². The lowest BCUT2D eigenvalue weighted by Crippen LogP contribution is -1.91. The topological polar surface area (TPSA) is 43.3 Å². The van der Waals surface area contributed by atoms with Crippen molar-refractivity contribution in [1.29, 1.82) is 0 Å². The maximum Gasteiger partial charge on any atom is 0.144 e. The number of imidazole rings is 1. The average molecular weight is 223 g/mol. The number of benzene rings is 1. The van der Waals surface area contributed by atoms with Crippen LogP contribution in [0.1, 0.15) is 5.56 Å². The molecule has 0 unspecified atom stereocenters. The minimum atomic E-state index is 0.757. The van der Waals surface area contributed by atoms with Gasteiger partial charge in [-0.3, -0.25) is 4.40 Å². The fourth-order valence-electron chi connectivity index (χ4n) is 1.93. The minimum Gasteiger partial charge on any atom is -0.399 e. The average Bonchev–Trinajstić information content (AvgIpc) is 2.73. The molecule has 0 amide bonds. The lowest BCUT2D eigenvalue weighted by molar-refractivity contribution is 1.16. The van der Waals surface area contributed by atoms with Crippen LogP contribution in [0.25, 0.3) is 16.9 Å². The summed E-state index contributed by atoms with van der Waals surface area (Å²) in [5.74, 6) is 0.944. The number of aromatic nitrogens is 2. The zero-order chi connectivity index (χ0) is 11.8. The molecule has 0 aliphatic heterocycles. The largest absolute Gasteiger partial charge is 0.399 e. The van der Waals surface area contributed by atoms with Gasteiger partial charge in [0.25, 0.3) is 0 Å². The van der Waals surface area contributed by atoms with E-state index in [1.165, 1.54) is 5.56 Å². The molecule has 2 N–H and O–H groups in total. The van der Waals surface area contributed by atoms with Gasteiger partial charge in [-0.2, -0.15) is 0 Å². The standard InChI is InChI=1S/C14H13N3/c1-10-2-4-11(5-3-10)14-16-9-13-8-12(15)6-7-17(13)14/h2-9H,15H2,1H3. The second-order valence-electron chi connectivity index (χ2n) is 4.20. The molecule has 3 rings (SSSR count). The van der Waals surface area contributed by atoms with Crippen molar-refractivity contribution < 1.29 is 0 Å². The van der Waals surface area contributed by atoms with Gasteiger partial charge in [0.2, 0.25) is 0 Å². The first-order chi connectivity index (χ1) is 8.24. The Labute approximate surface area is 99.5 Å². The Hall–Kier alpha value is -2.29. The van der Waals surface area contributed by atoms with Gasteiger partial charge in [-0.1, -0.05) is 29.8 Å². The van der Waals surface area contributed by atoms with Gasteiger partial charge in [0.15, 0.2) is 0 Å². The molecule has 0 aliphatic carbocycles. The van der Waals surface area contributed by atoms with Crippen LogP contribution < -0.4 is 5.73 Å². The summed E-state index contributed by atoms with van der Waals surface area (Å²) in [5, 5.41) is 0. The molecule has 0 saturated carbocycles. The molecule has 0 radical (unpaired) electrons. The van der Waals surface area contributed by atoms with E-state index in [1.54, 1.807) is 0 Å². The molecule has 1 aromatic carbocycles. The van der Waals surface area contributed by atoms with Crippen molar-refractivity contribution in [3.63, 3.8) is 0 Å². The Morgan fingerprint density at radius 1 is 1.12 bits per heavy atom. The number of nitrogens with two attached hydrogens (primary N) is 1. The van der Waals surface area contributed by atoms with Crippen LogP contribution >= 0.6 is 0 Å². The normalized spacial score (nSPS) is 10.9. The SMILES string of the molecule is Cc1ccc(-c2ncc3cc(N)ccn23)cc1. The van der Waals surface area contributed by atoms with E-state index in [0.717, 1.165) is 22.6 Å². The highest BCUT2D eigenvalue weighted by Gasteiger charge is 2.05. The Morgan fingerprint density at radius 3 is 2.65 bits per heavy atom. The third-order valence-electron chi connectivity index (χ3n) is 2.87. The van der Waals surface area contributed by atoms with E-state index in [-0.39, 0.29) is 0 Å². The summed E-state index contributed by atoms with van der Waals surface area (Å²) in [7, 11) is 0. The Kier molecular flexibility index (Phi) is 2.11. The molecule has 0 aliphatic rings. The van der Waals surface area contributed by atoms with Gasteiger partial charge in [0.05, 0.1) is 11.7 Å². The third-order valence-corrected chi connectivity index (χ3v) is 2.87. The van der Waals surface area contributed by atoms with Crippen LogP contribution in [-0.2, 0) is 0 Å². The van der Waals surface area contributed by atoms with Crippen molar-refractivity contribution in [2.24, 2.45) is 0 Å². The zero-order valence-electron chi connectivity index (χ0n) is 9.59. The number of fused-ring (bicyclic) bond motifs is 1. The van der Waals surface area contributed by atoms with Crippen LogP contribution in [0.3, 0.4) is 0 Å². The summed E-state index contributed by atoms with van der Waals surface area (Å²) in [5.41, 5.74) is 9.88. The smallest absolute Gasteiger partial charge is 0.144 e. The van der Waals surface area contributed by atoms with Crippen LogP contribution in [0.5, 0.6) is 0 Å². The van der Waals surface area contributed by atoms with Gasteiger partial charge in [0, 0.05) is 17.4 Å². The van der Waals surface area contributed by atoms with Crippen molar-refractivity contribution in [3.05, 3.63) is 54.4 Å². The van der Waals surface area contributed by atoms with Gasteiger partial charge in [-0.15, -0.1) is 0 Å². The van der Waals surface area contributed by atoms with E-state index in [0.29, 0.717) is 0 Å². The molecule has 3 heteroatoms. The van der Waals surface area contributed by atoms with Crippen molar-refractivity contribution in [2.75, 3.05) is 5.73 Å². The molecule has 3 aromatic rings. The summed E-state index contributed by atoms with van der Waals surface area (Å²) in [6.45, 7) is 2.08. The predicted octanol–water partition coefficient (Wildman–Crippen LogP) is 2.89. The van der Waals surface area contributed by atoms with E-state index in [2.05, 4.69) is 36.2 Å². The number of rotatable bonds is 1. The highest BCUT2D eigenvalue weighted by molar-refractivity contribution is 5.65. The number of aryl methyl sites for hydroxylation is 1. The molecule has 0 fully saturated rings. The number of pyridine rings is 1. The number of nitrogen functional groups attached to an aromatic ring is 1. The van der Waals surface area contributed by atoms with Crippen molar-refractivity contribution in [1.82, 2.24) is 9.38 Å². The molecule has 84 valence electrons. The summed E-state index contributed by atoms with van der Waals surface area (Å²) in [6.07, 6.45) is 3.79. The fourth-order valence-corrected chi connectivity index (χ4v) is 1.93. The van der Waals surface area contributed by atoms with Gasteiger partial charge in [0.1, 0.15) is 5.82 Å². The summed E-state index contributed by atoms with van der Waals surface area (Å²) in [6, 6.07) is 12.2. The molecule has 0 saturated heterocycles. The van der Waals surface area contributed by atoms with Crippen LogP contribution in [0, 0.1) is 6.92 Å². The van der Waals surface area contributed by atoms with E-state index in [1.807, 2.05) is 28.9 Å². The van der Waals surface area contributed by atoms with E-state index in [4.69, 9.17) is 5.73 Å². The second kappa shape index (κ2) is 3.63. The number of hydrogen-bond donors (Lipinski definition) is 1. The monoisotopic (exact) mass is 223 g/mol. The molecular formula is C14H13N3. The maximum absolute atomic E-state index is 5.75. The third kappa shape index (κ3) is 1.65. The van der Waals surface area contributed by atoms with E-state index >= 15 is 0 Å². The summed E-state index contributed by atoms with van der Waals surface area (Å²) >= 11 is 0. The molecule has 2 aromatic heterocycles. The molecule has 3 nitrogen and oxygen atoms in total. The quantitative estimate of drug-likeness (QED) is 0.689. The Bertz CT molecular complexity index is 666. The second-order valence-corrected chi connectivity index (χ2v) is 4.20. The van der Waals surface area contributed by atoms with E-state index in [9.17, 15) is 0 Å². The van der Waals surface area contributed by atoms with Gasteiger partial charge in [-0.25, -0.2) is 4.98 Å². The van der Waals surface area contributed by atoms with Gasteiger partial charge in [-0.05, 0) is 19.1 Å². The summed E-state index contributed by atoms with van der Waals surface area (Å²) in [4.78, 5) is 4.44. The van der Waals surface area contributed by atoms with Crippen molar-refractivity contribution in [2.45, 2.75) is 6.92 Å². The highest BCUT2D eigenvalue weighted by Crippen LogP contribution is 2.21. The Balaban J connectivity index is 2.21. The molecule has 0 spiro atoms. The van der Waals surface area contributed by atoms with Crippen LogP contribution in [-0.4, -0.2) is 9.38 Å². The lowest BCUT2D eigenvalue weighted by atomic mass is 10.1. The molecular weight excluding hydrogens is 210 g/mol. The van der Waals surface area contributed by atoms with Crippen molar-refractivity contribution >= 4 is 11.2 Å². The molecule has 0 bridgehead atoms. The first-order valence-electron chi connectivity index (χ1n) is 5.54. The van der Waals surface area contributed by atoms with Crippen LogP contribution in [0.2, 0.25) is 0 Å². The molecule has 2 heterocycles. The first-order valence-corrected chi connectivity index (χ1v) is 5.54. The lowest BCUT2D eigenvalue weighted by Gasteiger charge is -2.02. The molecule has 17 heavy (non-hydrogen) atoms. The zero-order valence-corrected chi connectivity index (χ0v) is 9.59. The van der Waals surface area contributed by atoms with Crippen LogP contribution in [0.4, 0.5) is 5.69 Å². The molecule has 0 atom stereocenters. The van der Waals surface area contributed by atoms with Crippen molar-refractivity contribution in [3.8, 4) is 11.4 Å². The first kappa shape index (κ1) is 9.90. The fraction of sp³-hybridized carbons (Fsp3) is 0.0714.